The third-order valence-electron chi connectivity index (χ3n) is 3.90. The second kappa shape index (κ2) is 9.74. The minimum Gasteiger partial charge on any atom is -0.469 e. The molecule has 0 radical (unpaired) electrons. The number of hydrogen-bond donors (Lipinski definition) is 1. The summed E-state index contributed by atoms with van der Waals surface area (Å²) in [4.78, 5) is 34.6. The van der Waals surface area contributed by atoms with Crippen molar-refractivity contribution in [2.75, 3.05) is 20.3 Å². The molecule has 132 valence electrons. The molecule has 1 rings (SSSR count). The van der Waals surface area contributed by atoms with E-state index in [4.69, 9.17) is 4.74 Å². The molecule has 0 aromatic heterocycles. The molecule has 0 amide bonds. The Morgan fingerprint density at radius 1 is 1.17 bits per heavy atom. The first-order valence-electron chi connectivity index (χ1n) is 7.51. The summed E-state index contributed by atoms with van der Waals surface area (Å²) in [5.41, 5.74) is 0. The zero-order valence-corrected chi connectivity index (χ0v) is 14.2. The van der Waals surface area contributed by atoms with Crippen LogP contribution in [0.1, 0.15) is 39.0 Å². The second-order valence-corrected chi connectivity index (χ2v) is 6.27. The van der Waals surface area contributed by atoms with Crippen LogP contribution >= 0.6 is 0 Å². The number of nitrogens with zero attached hydrogens (tertiary/aromatic N) is 1. The lowest BCUT2D eigenvalue weighted by atomic mass is 9.82. The summed E-state index contributed by atoms with van der Waals surface area (Å²) in [6.45, 7) is 1.61. The molecule has 1 aliphatic rings. The van der Waals surface area contributed by atoms with Gasteiger partial charge in [0.2, 0.25) is 11.3 Å². The maximum atomic E-state index is 11.9. The lowest BCUT2D eigenvalue weighted by Crippen LogP contribution is -2.43. The molecule has 0 aromatic rings. The molecule has 0 bridgehead atoms. The standard InChI is InChI=1S/C14H23NO7S/c1-3-22-14(18)9-15(23(19)20)11-6-4-10(5-7-11)12(16)8-13(17)21-2/h10-11H,3-9H2,1-2H3,(H,19,20). The highest BCUT2D eigenvalue weighted by atomic mass is 32.2. The second-order valence-electron chi connectivity index (χ2n) is 5.34. The van der Waals surface area contributed by atoms with Gasteiger partial charge in [-0.05, 0) is 32.6 Å². The summed E-state index contributed by atoms with van der Waals surface area (Å²) in [6.07, 6.45) is 1.78. The average molecular weight is 349 g/mol. The zero-order valence-electron chi connectivity index (χ0n) is 13.4. The highest BCUT2D eigenvalue weighted by Gasteiger charge is 2.33. The summed E-state index contributed by atoms with van der Waals surface area (Å²) < 4.78 is 31.3. The molecule has 1 atom stereocenters. The molecule has 1 saturated carbocycles. The summed E-state index contributed by atoms with van der Waals surface area (Å²) in [5.74, 6) is -1.53. The lowest BCUT2D eigenvalue weighted by Gasteiger charge is -2.33. The fourth-order valence-electron chi connectivity index (χ4n) is 2.69. The minimum atomic E-state index is -2.28. The van der Waals surface area contributed by atoms with Crippen LogP contribution in [0.3, 0.4) is 0 Å². The Morgan fingerprint density at radius 2 is 1.78 bits per heavy atom. The van der Waals surface area contributed by atoms with Crippen molar-refractivity contribution >= 4 is 29.0 Å². The Bertz CT molecular complexity index is 460. The van der Waals surface area contributed by atoms with Crippen molar-refractivity contribution in [3.05, 3.63) is 0 Å². The zero-order chi connectivity index (χ0) is 17.4. The molecule has 1 aliphatic carbocycles. The maximum Gasteiger partial charge on any atom is 0.321 e. The first-order valence-corrected chi connectivity index (χ1v) is 8.58. The maximum absolute atomic E-state index is 11.9. The van der Waals surface area contributed by atoms with Crippen molar-refractivity contribution in [3.63, 3.8) is 0 Å². The molecule has 0 spiro atoms. The number of hydrogen-bond acceptors (Lipinski definition) is 6. The molecule has 0 aliphatic heterocycles. The predicted octanol–water partition coefficient (Wildman–Crippen LogP) is 0.679. The SMILES string of the molecule is CCOC(=O)CN(C1CCC(C(=O)CC(=O)OC)CC1)S(=O)O. The van der Waals surface area contributed by atoms with E-state index in [1.165, 1.54) is 11.4 Å². The van der Waals surface area contributed by atoms with E-state index in [1.807, 2.05) is 0 Å². The summed E-state index contributed by atoms with van der Waals surface area (Å²) >= 11 is -2.28. The molecule has 0 aromatic carbocycles. The van der Waals surface area contributed by atoms with Crippen LogP contribution in [0.15, 0.2) is 0 Å². The fourth-order valence-corrected chi connectivity index (χ4v) is 3.37. The molecule has 1 N–H and O–H groups in total. The van der Waals surface area contributed by atoms with Crippen LogP contribution in [0.4, 0.5) is 0 Å². The molecule has 1 unspecified atom stereocenters. The van der Waals surface area contributed by atoms with Gasteiger partial charge < -0.3 is 9.47 Å². The number of ketones is 1. The number of methoxy groups -OCH3 is 1. The van der Waals surface area contributed by atoms with Gasteiger partial charge in [-0.15, -0.1) is 0 Å². The third-order valence-corrected chi connectivity index (χ3v) is 4.72. The van der Waals surface area contributed by atoms with Gasteiger partial charge in [0.1, 0.15) is 18.7 Å². The van der Waals surface area contributed by atoms with Crippen molar-refractivity contribution in [2.45, 2.75) is 45.1 Å². The highest BCUT2D eigenvalue weighted by molar-refractivity contribution is 7.76. The summed E-state index contributed by atoms with van der Waals surface area (Å²) in [5, 5.41) is 0. The van der Waals surface area contributed by atoms with Crippen molar-refractivity contribution in [2.24, 2.45) is 5.92 Å². The molecule has 9 heteroatoms. The van der Waals surface area contributed by atoms with Crippen LogP contribution in [0.25, 0.3) is 0 Å². The van der Waals surface area contributed by atoms with Crippen LogP contribution < -0.4 is 0 Å². The molecule has 8 nitrogen and oxygen atoms in total. The van der Waals surface area contributed by atoms with Gasteiger partial charge in [-0.1, -0.05) is 0 Å². The minimum absolute atomic E-state index is 0.169. The molecule has 0 saturated heterocycles. The summed E-state index contributed by atoms with van der Waals surface area (Å²) in [6, 6.07) is -0.271. The van der Waals surface area contributed by atoms with E-state index in [0.29, 0.717) is 25.7 Å². The normalized spacial score (nSPS) is 22.4. The molecular weight excluding hydrogens is 326 g/mol. The summed E-state index contributed by atoms with van der Waals surface area (Å²) in [7, 11) is 1.23. The number of rotatable bonds is 8. The molecule has 23 heavy (non-hydrogen) atoms. The van der Waals surface area contributed by atoms with Crippen LogP contribution in [-0.4, -0.2) is 57.1 Å². The van der Waals surface area contributed by atoms with E-state index in [0.717, 1.165) is 0 Å². The molecule has 0 heterocycles. The Labute approximate surface area is 137 Å². The van der Waals surface area contributed by atoms with E-state index in [-0.39, 0.29) is 37.3 Å². The van der Waals surface area contributed by atoms with E-state index in [9.17, 15) is 23.1 Å². The van der Waals surface area contributed by atoms with Crippen molar-refractivity contribution in [1.29, 1.82) is 0 Å². The predicted molar refractivity (Wildman–Crippen MR) is 81.5 cm³/mol. The van der Waals surface area contributed by atoms with Crippen molar-refractivity contribution < 1.29 is 32.6 Å². The van der Waals surface area contributed by atoms with E-state index < -0.39 is 23.2 Å². The number of Topliss-reactive ketones (excluding diaryl/α,β-unsaturated/α-hetero) is 1. The quantitative estimate of drug-likeness (QED) is 0.390. The Morgan fingerprint density at radius 3 is 2.26 bits per heavy atom. The van der Waals surface area contributed by atoms with Crippen LogP contribution in [0, 0.1) is 5.92 Å². The van der Waals surface area contributed by atoms with Crippen molar-refractivity contribution in [1.82, 2.24) is 4.31 Å². The van der Waals surface area contributed by atoms with Gasteiger partial charge in [0.25, 0.3) is 0 Å². The largest absolute Gasteiger partial charge is 0.469 e. The lowest BCUT2D eigenvalue weighted by molar-refractivity contribution is -0.146. The van der Waals surface area contributed by atoms with E-state index >= 15 is 0 Å². The van der Waals surface area contributed by atoms with Gasteiger partial charge in [0.05, 0.1) is 13.7 Å². The fraction of sp³-hybridized carbons (Fsp3) is 0.786. The van der Waals surface area contributed by atoms with E-state index in [1.54, 1.807) is 6.92 Å². The molecular formula is C14H23NO7S. The number of carbonyl (C=O) groups is 3. The van der Waals surface area contributed by atoms with Gasteiger partial charge in [0, 0.05) is 12.0 Å². The Balaban J connectivity index is 2.54. The smallest absolute Gasteiger partial charge is 0.321 e. The number of carbonyl (C=O) groups excluding carboxylic acids is 3. The van der Waals surface area contributed by atoms with Gasteiger partial charge >= 0.3 is 11.9 Å². The average Bonchev–Trinajstić information content (AvgIpc) is 2.52. The first-order chi connectivity index (χ1) is 10.9. The topological polar surface area (TPSA) is 110 Å². The van der Waals surface area contributed by atoms with Gasteiger partial charge in [0.15, 0.2) is 0 Å². The number of ether oxygens (including phenoxy) is 2. The molecule has 1 fully saturated rings. The highest BCUT2D eigenvalue weighted by Crippen LogP contribution is 2.29. The Kier molecular flexibility index (Phi) is 8.35. The third kappa shape index (κ3) is 6.36. The van der Waals surface area contributed by atoms with E-state index in [2.05, 4.69) is 4.74 Å². The Hall–Kier alpha value is -1.32. The first kappa shape index (κ1) is 19.7. The van der Waals surface area contributed by atoms with Crippen LogP contribution in [0.2, 0.25) is 0 Å². The monoisotopic (exact) mass is 349 g/mol. The van der Waals surface area contributed by atoms with Gasteiger partial charge in [-0.2, -0.15) is 4.31 Å². The van der Waals surface area contributed by atoms with Gasteiger partial charge in [-0.3, -0.25) is 18.9 Å². The van der Waals surface area contributed by atoms with Crippen LogP contribution in [-0.2, 0) is 35.1 Å². The van der Waals surface area contributed by atoms with Crippen molar-refractivity contribution in [3.8, 4) is 0 Å². The van der Waals surface area contributed by atoms with Crippen LogP contribution in [0.5, 0.6) is 0 Å². The van der Waals surface area contributed by atoms with Gasteiger partial charge in [-0.25, -0.2) is 4.21 Å². The number of esters is 2.